The number of para-hydroxylation sites is 2. The van der Waals surface area contributed by atoms with Gasteiger partial charge in [-0.15, -0.1) is 0 Å². The summed E-state index contributed by atoms with van der Waals surface area (Å²) in [7, 11) is 6.95. The smallest absolute Gasteiger partial charge is 0.149 e. The fraction of sp³-hybridized carbons (Fsp3) is 0.417. The van der Waals surface area contributed by atoms with E-state index in [4.69, 9.17) is 9.47 Å². The Hall–Kier alpha value is -5.07. The van der Waals surface area contributed by atoms with E-state index < -0.39 is 16.9 Å². The number of halogens is 1. The zero-order chi connectivity index (χ0) is 43.2. The summed E-state index contributed by atoms with van der Waals surface area (Å²) in [6.45, 7) is 15.3. The highest BCUT2D eigenvalue weighted by Crippen LogP contribution is 2.40. The lowest BCUT2D eigenvalue weighted by atomic mass is 9.80. The van der Waals surface area contributed by atoms with Gasteiger partial charge in [-0.25, -0.2) is 9.37 Å². The molecule has 3 N–H and O–H groups in total. The van der Waals surface area contributed by atoms with Gasteiger partial charge in [0.2, 0.25) is 0 Å². The molecule has 6 rings (SSSR count). The van der Waals surface area contributed by atoms with Crippen LogP contribution in [0, 0.1) is 5.92 Å². The predicted octanol–water partition coefficient (Wildman–Crippen LogP) is 8.14. The second-order valence-electron chi connectivity index (χ2n) is 17.6. The van der Waals surface area contributed by atoms with Gasteiger partial charge in [0.15, 0.2) is 0 Å². The first-order valence-electron chi connectivity index (χ1n) is 20.1. The number of aliphatic hydroxyl groups is 2. The van der Waals surface area contributed by atoms with Gasteiger partial charge in [0.05, 0.1) is 48.2 Å². The van der Waals surface area contributed by atoms with Gasteiger partial charge in [-0.05, 0) is 111 Å². The van der Waals surface area contributed by atoms with E-state index >= 15 is 0 Å². The SMILES string of the molecule is COc1ccc(C(C)(C)C)cc1C(O)(CNCC(C)C)c1ccc2nccnc2c1.COc1ccc(CC(C)(C)F)cc1C(O)(CN(C)C)c1cnc2ccccc2n1. The van der Waals surface area contributed by atoms with Crippen LogP contribution in [0.25, 0.3) is 22.1 Å². The maximum Gasteiger partial charge on any atom is 0.149 e. The van der Waals surface area contributed by atoms with Crippen LogP contribution in [-0.4, -0.2) is 88.7 Å². The second-order valence-corrected chi connectivity index (χ2v) is 17.6. The molecule has 0 saturated heterocycles. The van der Waals surface area contributed by atoms with Crippen molar-refractivity contribution >= 4 is 22.1 Å². The Morgan fingerprint density at radius 1 is 0.712 bits per heavy atom. The summed E-state index contributed by atoms with van der Waals surface area (Å²) in [5.74, 6) is 1.65. The van der Waals surface area contributed by atoms with Gasteiger partial charge in [-0.2, -0.15) is 0 Å². The zero-order valence-corrected chi connectivity index (χ0v) is 36.5. The number of hydrogen-bond donors (Lipinski definition) is 3. The number of nitrogens with zero attached hydrogens (tertiary/aromatic N) is 5. The second kappa shape index (κ2) is 18.5. The Bertz CT molecular complexity index is 2340. The van der Waals surface area contributed by atoms with Crippen LogP contribution in [0.5, 0.6) is 11.5 Å². The molecule has 2 heterocycles. The Labute approximate surface area is 348 Å². The Morgan fingerprint density at radius 2 is 1.31 bits per heavy atom. The van der Waals surface area contributed by atoms with Crippen LogP contribution >= 0.6 is 0 Å². The van der Waals surface area contributed by atoms with Crippen LogP contribution in [-0.2, 0) is 23.0 Å². The number of hydrogen-bond acceptors (Lipinski definition) is 10. The molecule has 2 aromatic heterocycles. The number of likely N-dealkylation sites (N-methyl/N-ethyl adjacent to an activating group) is 1. The summed E-state index contributed by atoms with van der Waals surface area (Å²) in [6, 6.07) is 24.8. The van der Waals surface area contributed by atoms with E-state index in [1.807, 2.05) is 73.6 Å². The molecule has 0 aliphatic rings. The zero-order valence-electron chi connectivity index (χ0n) is 36.5. The minimum atomic E-state index is -1.48. The fourth-order valence-corrected chi connectivity index (χ4v) is 7.20. The maximum absolute atomic E-state index is 14.3. The van der Waals surface area contributed by atoms with E-state index in [2.05, 4.69) is 72.0 Å². The highest BCUT2D eigenvalue weighted by Gasteiger charge is 2.38. The van der Waals surface area contributed by atoms with Crippen molar-refractivity contribution in [2.24, 2.45) is 5.92 Å². The first-order valence-corrected chi connectivity index (χ1v) is 20.1. The van der Waals surface area contributed by atoms with E-state index in [-0.39, 0.29) is 18.4 Å². The predicted molar refractivity (Wildman–Crippen MR) is 235 cm³/mol. The third-order valence-corrected chi connectivity index (χ3v) is 10.1. The normalized spacial score (nSPS) is 14.2. The molecule has 0 aliphatic heterocycles. The number of rotatable bonds is 14. The highest BCUT2D eigenvalue weighted by atomic mass is 19.1. The van der Waals surface area contributed by atoms with E-state index in [9.17, 15) is 14.6 Å². The van der Waals surface area contributed by atoms with Gasteiger partial charge >= 0.3 is 0 Å². The third-order valence-electron chi connectivity index (χ3n) is 10.1. The molecule has 0 fully saturated rings. The summed E-state index contributed by atoms with van der Waals surface area (Å²) >= 11 is 0. The Kier molecular flexibility index (Phi) is 14.1. The quantitative estimate of drug-likeness (QED) is 0.0994. The van der Waals surface area contributed by atoms with Crippen molar-refractivity contribution < 1.29 is 24.1 Å². The largest absolute Gasteiger partial charge is 0.496 e. The molecule has 4 aromatic carbocycles. The molecule has 0 spiro atoms. The minimum Gasteiger partial charge on any atom is -0.496 e. The Balaban J connectivity index is 0.000000224. The van der Waals surface area contributed by atoms with Crippen molar-refractivity contribution in [3.8, 4) is 11.5 Å². The average Bonchev–Trinajstić information content (AvgIpc) is 3.19. The standard InChI is InChI=1S/C25H33N3O2.C23H28FN3O2/c1-17(2)15-26-16-25(29,19-7-9-21-22(14-19)28-12-11-27-21)20-13-18(24(3,4)5)8-10-23(20)30-6;1-22(2,24)13-16-10-11-20(29-5)17(12-16)23(28,15-27(3)4)21-14-25-18-8-6-7-9-19(18)26-21/h7-14,17,26,29H,15-16H2,1-6H3;6-12,14,28H,13,15H2,1-5H3. The van der Waals surface area contributed by atoms with E-state index in [0.29, 0.717) is 40.7 Å². The van der Waals surface area contributed by atoms with Crippen molar-refractivity contribution in [1.82, 2.24) is 30.2 Å². The summed E-state index contributed by atoms with van der Waals surface area (Å²) in [5, 5.41) is 27.5. The Morgan fingerprint density at radius 3 is 1.92 bits per heavy atom. The van der Waals surface area contributed by atoms with Gasteiger partial charge in [0.25, 0.3) is 0 Å². The molecule has 11 heteroatoms. The first kappa shape index (κ1) is 45.0. The molecular weight excluding hydrogens is 744 g/mol. The van der Waals surface area contributed by atoms with Crippen molar-refractivity contribution in [2.75, 3.05) is 47.9 Å². The van der Waals surface area contributed by atoms with Gasteiger partial charge in [0.1, 0.15) is 28.4 Å². The number of methoxy groups -OCH3 is 2. The molecule has 6 aromatic rings. The van der Waals surface area contributed by atoms with Crippen LogP contribution < -0.4 is 14.8 Å². The molecule has 2 unspecified atom stereocenters. The van der Waals surface area contributed by atoms with Crippen molar-refractivity contribution in [2.45, 2.75) is 77.2 Å². The molecule has 0 amide bonds. The number of benzene rings is 4. The molecular formula is C48H61FN6O4. The van der Waals surface area contributed by atoms with Crippen molar-refractivity contribution in [1.29, 1.82) is 0 Å². The van der Waals surface area contributed by atoms with Gasteiger partial charge in [-0.3, -0.25) is 15.0 Å². The molecule has 2 atom stereocenters. The fourth-order valence-electron chi connectivity index (χ4n) is 7.20. The van der Waals surface area contributed by atoms with E-state index in [1.54, 1.807) is 44.9 Å². The maximum atomic E-state index is 14.3. The number of aromatic nitrogens is 4. The first-order chi connectivity index (χ1) is 27.8. The summed E-state index contributed by atoms with van der Waals surface area (Å²) in [6.07, 6.45) is 5.17. The molecule has 0 bridgehead atoms. The monoisotopic (exact) mass is 804 g/mol. The third kappa shape index (κ3) is 11.0. The van der Waals surface area contributed by atoms with Gasteiger partial charge in [0, 0.05) is 43.0 Å². The molecule has 0 saturated carbocycles. The lowest BCUT2D eigenvalue weighted by Crippen LogP contribution is -2.41. The van der Waals surface area contributed by atoms with Crippen molar-refractivity contribution in [3.63, 3.8) is 0 Å². The van der Waals surface area contributed by atoms with Crippen LogP contribution in [0.15, 0.2) is 97.5 Å². The summed E-state index contributed by atoms with van der Waals surface area (Å²) < 4.78 is 25.5. The van der Waals surface area contributed by atoms with Crippen LogP contribution in [0.2, 0.25) is 0 Å². The number of alkyl halides is 1. The number of ether oxygens (including phenoxy) is 2. The molecule has 314 valence electrons. The van der Waals surface area contributed by atoms with Gasteiger partial charge < -0.3 is 29.9 Å². The van der Waals surface area contributed by atoms with E-state index in [1.165, 1.54) is 13.8 Å². The number of nitrogens with one attached hydrogen (secondary N) is 1. The molecule has 59 heavy (non-hydrogen) atoms. The van der Waals surface area contributed by atoms with Gasteiger partial charge in [-0.1, -0.05) is 65.0 Å². The summed E-state index contributed by atoms with van der Waals surface area (Å²) in [5.41, 5.74) is 3.20. The average molecular weight is 805 g/mol. The van der Waals surface area contributed by atoms with Crippen LogP contribution in [0.3, 0.4) is 0 Å². The molecule has 0 aliphatic carbocycles. The topological polar surface area (TPSA) is 126 Å². The van der Waals surface area contributed by atoms with Crippen molar-refractivity contribution in [3.05, 3.63) is 131 Å². The van der Waals surface area contributed by atoms with Crippen LogP contribution in [0.4, 0.5) is 4.39 Å². The highest BCUT2D eigenvalue weighted by molar-refractivity contribution is 5.75. The molecule has 0 radical (unpaired) electrons. The van der Waals surface area contributed by atoms with Crippen LogP contribution in [0.1, 0.15) is 82.0 Å². The van der Waals surface area contributed by atoms with E-state index in [0.717, 1.165) is 45.3 Å². The number of fused-ring (bicyclic) bond motifs is 2. The minimum absolute atomic E-state index is 0.0534. The molecule has 10 nitrogen and oxygen atoms in total. The summed E-state index contributed by atoms with van der Waals surface area (Å²) in [4.78, 5) is 19.8. The lowest BCUT2D eigenvalue weighted by molar-refractivity contribution is 0.0448. The lowest BCUT2D eigenvalue weighted by Gasteiger charge is -2.33.